The van der Waals surface area contributed by atoms with Gasteiger partial charge in [-0.1, -0.05) is 17.8 Å². The first kappa shape index (κ1) is 19.8. The smallest absolute Gasteiger partial charge is 0.417 e. The van der Waals surface area contributed by atoms with Crippen LogP contribution in [0.5, 0.6) is 5.75 Å². The normalized spacial score (nSPS) is 15.9. The second-order valence-corrected chi connectivity index (χ2v) is 8.29. The van der Waals surface area contributed by atoms with Crippen molar-refractivity contribution >= 4 is 33.6 Å². The Morgan fingerprint density at radius 3 is 2.50 bits per heavy atom. The van der Waals surface area contributed by atoms with E-state index in [1.165, 1.54) is 18.2 Å². The number of hydrogen-bond donors (Lipinski definition) is 2. The molecule has 0 aromatic heterocycles. The first-order valence-electron chi connectivity index (χ1n) is 7.47. The Morgan fingerprint density at radius 2 is 1.96 bits per heavy atom. The van der Waals surface area contributed by atoms with Crippen LogP contribution in [0.4, 0.5) is 18.9 Å². The fourth-order valence-corrected chi connectivity index (χ4v) is 4.66. The van der Waals surface area contributed by atoms with E-state index in [9.17, 15) is 31.5 Å². The molecule has 146 valence electrons. The topological polar surface area (TPSA) is 111 Å². The van der Waals surface area contributed by atoms with Crippen LogP contribution in [-0.2, 0) is 21.2 Å². The van der Waals surface area contributed by atoms with Gasteiger partial charge in [0.25, 0.3) is 5.91 Å². The highest BCUT2D eigenvalue weighted by Crippen LogP contribution is 2.40. The maximum absolute atomic E-state index is 13.1. The number of carbonyl (C=O) groups excluding carboxylic acids is 1. The van der Waals surface area contributed by atoms with Gasteiger partial charge >= 0.3 is 16.4 Å². The van der Waals surface area contributed by atoms with Crippen molar-refractivity contribution in [1.82, 2.24) is 4.72 Å². The molecular weight excluding hydrogens is 419 g/mol. The molecule has 1 aliphatic heterocycles. The third-order valence-corrected chi connectivity index (χ3v) is 6.15. The predicted octanol–water partition coefficient (Wildman–Crippen LogP) is 2.61. The van der Waals surface area contributed by atoms with Gasteiger partial charge in [-0.3, -0.25) is 4.79 Å². The van der Waals surface area contributed by atoms with Crippen LogP contribution in [0.25, 0.3) is 0 Å². The molecule has 1 saturated heterocycles. The molecule has 1 aliphatic rings. The number of carbonyl (C=O) groups is 1. The molecule has 12 heteroatoms. The molecule has 0 unspecified atom stereocenters. The van der Waals surface area contributed by atoms with Crippen molar-refractivity contribution in [2.24, 2.45) is 0 Å². The molecule has 0 atom stereocenters. The first-order chi connectivity index (χ1) is 13.0. The first-order valence-corrected chi connectivity index (χ1v) is 9.73. The van der Waals surface area contributed by atoms with Gasteiger partial charge < -0.3 is 5.11 Å². The number of benzene rings is 2. The summed E-state index contributed by atoms with van der Waals surface area (Å²) in [6.45, 7) is -0.505. The average Bonchev–Trinajstić information content (AvgIpc) is 2.86. The van der Waals surface area contributed by atoms with E-state index >= 15 is 0 Å². The van der Waals surface area contributed by atoms with Crippen molar-refractivity contribution in [1.29, 1.82) is 5.26 Å². The van der Waals surface area contributed by atoms with Crippen molar-refractivity contribution < 1.29 is 31.5 Å². The molecule has 7 nitrogen and oxygen atoms in total. The molecule has 1 amide bonds. The summed E-state index contributed by atoms with van der Waals surface area (Å²) in [6, 6.07) is 8.55. The van der Waals surface area contributed by atoms with Crippen molar-refractivity contribution in [3.63, 3.8) is 0 Å². The lowest BCUT2D eigenvalue weighted by molar-refractivity contribution is -0.138. The minimum Gasteiger partial charge on any atom is -0.506 e. The Balaban J connectivity index is 1.95. The second-order valence-electron chi connectivity index (χ2n) is 5.58. The zero-order valence-electron chi connectivity index (χ0n) is 13.7. The summed E-state index contributed by atoms with van der Waals surface area (Å²) >= 11 is 0.802. The zero-order valence-corrected chi connectivity index (χ0v) is 15.3. The lowest BCUT2D eigenvalue weighted by Gasteiger charge is -2.17. The largest absolute Gasteiger partial charge is 0.506 e. The van der Waals surface area contributed by atoms with Crippen LogP contribution in [0.3, 0.4) is 0 Å². The van der Waals surface area contributed by atoms with E-state index in [0.717, 1.165) is 30.0 Å². The Kier molecular flexibility index (Phi) is 4.90. The molecule has 2 aromatic carbocycles. The number of anilines is 1. The van der Waals surface area contributed by atoms with Gasteiger partial charge in [0.05, 0.1) is 16.8 Å². The molecule has 2 aromatic rings. The molecule has 2 N–H and O–H groups in total. The Labute approximate surface area is 161 Å². The molecule has 0 bridgehead atoms. The number of phenols is 1. The third-order valence-electron chi connectivity index (χ3n) is 3.71. The summed E-state index contributed by atoms with van der Waals surface area (Å²) in [5, 5.41) is 19.3. The van der Waals surface area contributed by atoms with Crippen LogP contribution < -0.4 is 9.03 Å². The van der Waals surface area contributed by atoms with E-state index in [1.807, 2.05) is 0 Å². The fraction of sp³-hybridized carbons (Fsp3) is 0.125. The molecule has 0 radical (unpaired) electrons. The summed E-state index contributed by atoms with van der Waals surface area (Å²) in [4.78, 5) is 11.6. The fourth-order valence-electron chi connectivity index (χ4n) is 2.53. The molecular formula is C16H10F3N3O4S2. The number of phenolic OH excluding ortho intramolecular Hbond substituents is 1. The minimum atomic E-state index is -4.70. The standard InChI is InChI=1S/C16H10F3N3O4S2/c17-16(18,19)11-2-1-3-14(10(11)7-20)27-9-4-5-12(13(23)6-9)22-8-15(24)21-28(22,25)26/h1-6,23H,8H2,(H,21,24). The SMILES string of the molecule is N#Cc1c(Sc2ccc(N3CC(=O)NS3(=O)=O)c(O)c2)cccc1C(F)(F)F. The third kappa shape index (κ3) is 3.71. The van der Waals surface area contributed by atoms with Crippen molar-refractivity contribution in [2.45, 2.75) is 16.0 Å². The van der Waals surface area contributed by atoms with E-state index < -0.39 is 45.7 Å². The van der Waals surface area contributed by atoms with Crippen molar-refractivity contribution in [3.8, 4) is 11.8 Å². The molecule has 0 aliphatic carbocycles. The van der Waals surface area contributed by atoms with Gasteiger partial charge in [-0.05, 0) is 30.3 Å². The molecule has 0 spiro atoms. The molecule has 1 fully saturated rings. The molecule has 3 rings (SSSR count). The van der Waals surface area contributed by atoms with Crippen LogP contribution in [0.1, 0.15) is 11.1 Å². The van der Waals surface area contributed by atoms with Gasteiger partial charge in [0.2, 0.25) is 0 Å². The highest BCUT2D eigenvalue weighted by Gasteiger charge is 2.36. The van der Waals surface area contributed by atoms with Crippen LogP contribution in [0, 0.1) is 11.3 Å². The number of nitriles is 1. The second kappa shape index (κ2) is 6.92. The van der Waals surface area contributed by atoms with Gasteiger partial charge in [0, 0.05) is 9.79 Å². The van der Waals surface area contributed by atoms with E-state index in [4.69, 9.17) is 5.26 Å². The zero-order chi connectivity index (χ0) is 20.7. The summed E-state index contributed by atoms with van der Waals surface area (Å²) in [7, 11) is -4.12. The maximum Gasteiger partial charge on any atom is 0.417 e. The van der Waals surface area contributed by atoms with Gasteiger partial charge in [-0.25, -0.2) is 9.03 Å². The lowest BCUT2D eigenvalue weighted by Crippen LogP contribution is -2.29. The summed E-state index contributed by atoms with van der Waals surface area (Å²) in [6.07, 6.45) is -4.70. The average molecular weight is 429 g/mol. The Bertz CT molecular complexity index is 1110. The van der Waals surface area contributed by atoms with Crippen LogP contribution in [-0.4, -0.2) is 26.0 Å². The maximum atomic E-state index is 13.1. The lowest BCUT2D eigenvalue weighted by atomic mass is 10.1. The molecule has 0 saturated carbocycles. The Morgan fingerprint density at radius 1 is 1.25 bits per heavy atom. The van der Waals surface area contributed by atoms with E-state index in [2.05, 4.69) is 0 Å². The molecule has 1 heterocycles. The summed E-state index contributed by atoms with van der Waals surface area (Å²) in [5.41, 5.74) is -1.79. The quantitative estimate of drug-likeness (QED) is 0.776. The monoisotopic (exact) mass is 429 g/mol. The van der Waals surface area contributed by atoms with Crippen LogP contribution >= 0.6 is 11.8 Å². The van der Waals surface area contributed by atoms with Crippen LogP contribution in [0.15, 0.2) is 46.2 Å². The summed E-state index contributed by atoms with van der Waals surface area (Å²) in [5.74, 6) is -1.25. The van der Waals surface area contributed by atoms with Gasteiger partial charge in [0.1, 0.15) is 18.4 Å². The summed E-state index contributed by atoms with van der Waals surface area (Å²) < 4.78 is 65.3. The van der Waals surface area contributed by atoms with Crippen molar-refractivity contribution in [3.05, 3.63) is 47.5 Å². The highest BCUT2D eigenvalue weighted by atomic mass is 32.2. The van der Waals surface area contributed by atoms with E-state index in [-0.39, 0.29) is 15.5 Å². The number of aromatic hydroxyl groups is 1. The number of amides is 1. The predicted molar refractivity (Wildman–Crippen MR) is 92.8 cm³/mol. The van der Waals surface area contributed by atoms with E-state index in [0.29, 0.717) is 4.31 Å². The van der Waals surface area contributed by atoms with Gasteiger partial charge in [0.15, 0.2) is 0 Å². The number of rotatable bonds is 3. The number of nitrogens with one attached hydrogen (secondary N) is 1. The number of alkyl halides is 3. The molecule has 28 heavy (non-hydrogen) atoms. The number of hydrogen-bond acceptors (Lipinski definition) is 6. The highest BCUT2D eigenvalue weighted by molar-refractivity contribution is 7.99. The number of halogens is 3. The van der Waals surface area contributed by atoms with Gasteiger partial charge in [-0.2, -0.15) is 26.9 Å². The van der Waals surface area contributed by atoms with Crippen molar-refractivity contribution in [2.75, 3.05) is 10.8 Å². The van der Waals surface area contributed by atoms with E-state index in [1.54, 1.807) is 10.8 Å². The number of nitrogens with zero attached hydrogens (tertiary/aromatic N) is 2. The van der Waals surface area contributed by atoms with Gasteiger partial charge in [-0.15, -0.1) is 0 Å². The van der Waals surface area contributed by atoms with Crippen LogP contribution in [0.2, 0.25) is 0 Å². The Hall–Kier alpha value is -2.91. The minimum absolute atomic E-state index is 0.0233.